The number of hydrogen-bond acceptors (Lipinski definition) is 7. The highest BCUT2D eigenvalue weighted by Gasteiger charge is 2.23. The molecule has 0 aliphatic heterocycles. The maximum Gasteiger partial charge on any atom is 0.341 e. The number of esters is 1. The van der Waals surface area contributed by atoms with Gasteiger partial charge in [-0.25, -0.2) is 4.79 Å². The number of nitrogens with one attached hydrogen (secondary N) is 1. The Bertz CT molecular complexity index is 862. The molecule has 144 valence electrons. The van der Waals surface area contributed by atoms with Crippen molar-refractivity contribution in [1.29, 1.82) is 0 Å². The molecule has 0 radical (unpaired) electrons. The first kappa shape index (κ1) is 20.4. The van der Waals surface area contributed by atoms with E-state index in [1.54, 1.807) is 6.92 Å². The number of amides is 1. The van der Waals surface area contributed by atoms with Crippen molar-refractivity contribution in [3.05, 3.63) is 50.4 Å². The Hall–Kier alpha value is -2.94. The molecule has 1 aromatic carbocycles. The fraction of sp³-hybridized carbons (Fsp3) is 0.333. The zero-order valence-electron chi connectivity index (χ0n) is 15.2. The highest BCUT2D eigenvalue weighted by Crippen LogP contribution is 2.34. The maximum absolute atomic E-state index is 12.3. The number of carbonyl (C=O) groups excluding carboxylic acids is 2. The fourth-order valence-corrected chi connectivity index (χ4v) is 3.66. The second-order valence-electron chi connectivity index (χ2n) is 5.51. The van der Waals surface area contributed by atoms with Crippen LogP contribution in [0.4, 0.5) is 10.7 Å². The Labute approximate surface area is 160 Å². The van der Waals surface area contributed by atoms with Gasteiger partial charge in [-0.3, -0.25) is 14.9 Å². The first-order chi connectivity index (χ1) is 12.9. The van der Waals surface area contributed by atoms with Gasteiger partial charge in [-0.05, 0) is 31.9 Å². The lowest BCUT2D eigenvalue weighted by Gasteiger charge is -2.09. The van der Waals surface area contributed by atoms with E-state index in [4.69, 9.17) is 9.47 Å². The molecule has 2 rings (SSSR count). The fourth-order valence-electron chi connectivity index (χ4n) is 2.51. The van der Waals surface area contributed by atoms with Crippen LogP contribution in [0.25, 0.3) is 0 Å². The predicted molar refractivity (Wildman–Crippen MR) is 102 cm³/mol. The second-order valence-corrected chi connectivity index (χ2v) is 6.73. The molecule has 0 bridgehead atoms. The minimum atomic E-state index is -0.542. The number of anilines is 1. The summed E-state index contributed by atoms with van der Waals surface area (Å²) >= 11 is 1.30. The van der Waals surface area contributed by atoms with Crippen LogP contribution in [-0.4, -0.2) is 30.0 Å². The molecule has 1 heterocycles. The van der Waals surface area contributed by atoms with E-state index < -0.39 is 16.8 Å². The highest BCUT2D eigenvalue weighted by molar-refractivity contribution is 7.16. The number of nitrogens with zero attached hydrogens (tertiary/aromatic N) is 1. The molecule has 1 amide bonds. The van der Waals surface area contributed by atoms with E-state index in [9.17, 15) is 19.7 Å². The number of nitro benzene ring substituents is 1. The number of non-ortho nitro benzene ring substituents is 1. The Balaban J connectivity index is 2.10. The lowest BCUT2D eigenvalue weighted by atomic mass is 10.1. The molecule has 0 aliphatic rings. The van der Waals surface area contributed by atoms with Gasteiger partial charge in [0.05, 0.1) is 23.2 Å². The van der Waals surface area contributed by atoms with E-state index in [0.717, 1.165) is 10.4 Å². The van der Waals surface area contributed by atoms with E-state index in [1.165, 1.54) is 35.6 Å². The average molecular weight is 392 g/mol. The second kappa shape index (κ2) is 9.13. The normalized spacial score (nSPS) is 10.3. The maximum atomic E-state index is 12.3. The molecule has 8 nitrogen and oxygen atoms in total. The molecule has 1 aromatic heterocycles. The number of nitro groups is 1. The molecule has 0 fully saturated rings. The topological polar surface area (TPSA) is 108 Å². The summed E-state index contributed by atoms with van der Waals surface area (Å²) in [5, 5.41) is 13.9. The lowest BCUT2D eigenvalue weighted by molar-refractivity contribution is -0.384. The van der Waals surface area contributed by atoms with Gasteiger partial charge in [0.25, 0.3) is 11.6 Å². The van der Waals surface area contributed by atoms with Gasteiger partial charge in [-0.1, -0.05) is 13.0 Å². The van der Waals surface area contributed by atoms with Crippen LogP contribution in [0.3, 0.4) is 0 Å². The molecule has 0 saturated carbocycles. The SMILES string of the molecule is CCOC(=O)c1c(NC(=O)COc2cccc([N+](=O)[O-])c2)sc(C)c1CC. The Morgan fingerprint density at radius 1 is 1.30 bits per heavy atom. The molecule has 9 heteroatoms. The molecule has 2 aromatic rings. The quantitative estimate of drug-likeness (QED) is 0.417. The summed E-state index contributed by atoms with van der Waals surface area (Å²) in [5.74, 6) is -0.744. The van der Waals surface area contributed by atoms with Crippen LogP contribution < -0.4 is 10.1 Å². The van der Waals surface area contributed by atoms with Crippen molar-refractivity contribution in [3.63, 3.8) is 0 Å². The van der Waals surface area contributed by atoms with Gasteiger partial charge < -0.3 is 14.8 Å². The van der Waals surface area contributed by atoms with Crippen LogP contribution in [0.1, 0.15) is 34.6 Å². The number of hydrogen-bond donors (Lipinski definition) is 1. The third-order valence-electron chi connectivity index (χ3n) is 3.69. The van der Waals surface area contributed by atoms with Gasteiger partial charge in [0.2, 0.25) is 0 Å². The minimum absolute atomic E-state index is 0.126. The Kier molecular flexibility index (Phi) is 6.89. The van der Waals surface area contributed by atoms with Crippen molar-refractivity contribution in [2.24, 2.45) is 0 Å². The smallest absolute Gasteiger partial charge is 0.341 e. The number of ether oxygens (including phenoxy) is 2. The van der Waals surface area contributed by atoms with E-state index in [-0.39, 0.29) is 24.7 Å². The van der Waals surface area contributed by atoms with Crippen LogP contribution >= 0.6 is 11.3 Å². The monoisotopic (exact) mass is 392 g/mol. The van der Waals surface area contributed by atoms with E-state index in [1.807, 2.05) is 13.8 Å². The van der Waals surface area contributed by atoms with E-state index in [0.29, 0.717) is 17.0 Å². The summed E-state index contributed by atoms with van der Waals surface area (Å²) in [6, 6.07) is 5.57. The van der Waals surface area contributed by atoms with Gasteiger partial charge in [0.15, 0.2) is 6.61 Å². The largest absolute Gasteiger partial charge is 0.484 e. The van der Waals surface area contributed by atoms with Crippen LogP contribution in [0.2, 0.25) is 0 Å². The van der Waals surface area contributed by atoms with Crippen molar-refractivity contribution in [1.82, 2.24) is 0 Å². The van der Waals surface area contributed by atoms with Gasteiger partial charge in [0.1, 0.15) is 10.8 Å². The van der Waals surface area contributed by atoms with Crippen LogP contribution in [0, 0.1) is 17.0 Å². The Morgan fingerprint density at radius 2 is 2.04 bits per heavy atom. The number of carbonyl (C=O) groups is 2. The lowest BCUT2D eigenvalue weighted by Crippen LogP contribution is -2.21. The predicted octanol–water partition coefficient (Wildman–Crippen LogP) is 3.72. The molecule has 1 N–H and O–H groups in total. The van der Waals surface area contributed by atoms with Crippen molar-refractivity contribution >= 4 is 33.9 Å². The highest BCUT2D eigenvalue weighted by atomic mass is 32.1. The molecule has 27 heavy (non-hydrogen) atoms. The van der Waals surface area contributed by atoms with Crippen molar-refractivity contribution in [2.45, 2.75) is 27.2 Å². The molecule has 0 atom stereocenters. The zero-order valence-corrected chi connectivity index (χ0v) is 16.1. The summed E-state index contributed by atoms with van der Waals surface area (Å²) < 4.78 is 10.4. The minimum Gasteiger partial charge on any atom is -0.484 e. The molecule has 0 aliphatic carbocycles. The first-order valence-corrected chi connectivity index (χ1v) is 9.15. The summed E-state index contributed by atoms with van der Waals surface area (Å²) in [7, 11) is 0. The van der Waals surface area contributed by atoms with Gasteiger partial charge in [-0.2, -0.15) is 0 Å². The van der Waals surface area contributed by atoms with E-state index >= 15 is 0 Å². The standard InChI is InChI=1S/C18H20N2O6S/c1-4-14-11(3)27-17(16(14)18(22)25-5-2)19-15(21)10-26-13-8-6-7-12(9-13)20(23)24/h6-9H,4-5,10H2,1-3H3,(H,19,21). The average Bonchev–Trinajstić information content (AvgIpc) is 2.95. The summed E-state index contributed by atoms with van der Waals surface area (Å²) in [4.78, 5) is 35.7. The first-order valence-electron chi connectivity index (χ1n) is 8.33. The van der Waals surface area contributed by atoms with Gasteiger partial charge in [-0.15, -0.1) is 11.3 Å². The number of thiophene rings is 1. The number of rotatable bonds is 8. The number of aryl methyl sites for hydroxylation is 1. The summed E-state index contributed by atoms with van der Waals surface area (Å²) in [6.07, 6.45) is 0.635. The Morgan fingerprint density at radius 3 is 2.67 bits per heavy atom. The van der Waals surface area contributed by atoms with Crippen LogP contribution in [-0.2, 0) is 16.0 Å². The van der Waals surface area contributed by atoms with Crippen molar-refractivity contribution in [3.8, 4) is 5.75 Å². The summed E-state index contributed by atoms with van der Waals surface area (Å²) in [6.45, 7) is 5.41. The van der Waals surface area contributed by atoms with Gasteiger partial charge >= 0.3 is 5.97 Å². The van der Waals surface area contributed by atoms with E-state index in [2.05, 4.69) is 5.32 Å². The zero-order chi connectivity index (χ0) is 20.0. The third-order valence-corrected chi connectivity index (χ3v) is 4.76. The van der Waals surface area contributed by atoms with Crippen LogP contribution in [0.15, 0.2) is 24.3 Å². The van der Waals surface area contributed by atoms with Crippen LogP contribution in [0.5, 0.6) is 5.75 Å². The molecule has 0 spiro atoms. The molecule has 0 saturated heterocycles. The third kappa shape index (κ3) is 5.04. The van der Waals surface area contributed by atoms with Gasteiger partial charge in [0, 0.05) is 10.9 Å². The molecule has 0 unspecified atom stereocenters. The van der Waals surface area contributed by atoms with Crippen molar-refractivity contribution in [2.75, 3.05) is 18.5 Å². The molecular formula is C18H20N2O6S. The summed E-state index contributed by atoms with van der Waals surface area (Å²) in [5.41, 5.74) is 1.08. The number of benzene rings is 1. The van der Waals surface area contributed by atoms with Crippen molar-refractivity contribution < 1.29 is 24.0 Å². The molecular weight excluding hydrogens is 372 g/mol.